The van der Waals surface area contributed by atoms with E-state index in [0.29, 0.717) is 11.0 Å². The zero-order valence-corrected chi connectivity index (χ0v) is 9.02. The first-order chi connectivity index (χ1) is 7.38. The molecule has 0 aliphatic rings. The monoisotopic (exact) mass is 220 g/mol. The summed E-state index contributed by atoms with van der Waals surface area (Å²) in [5.74, 6) is 0. The Bertz CT molecular complexity index is 553. The summed E-state index contributed by atoms with van der Waals surface area (Å²) < 4.78 is 0. The summed E-state index contributed by atoms with van der Waals surface area (Å²) in [7, 11) is 0. The number of hydrogen-bond acceptors (Lipinski definition) is 4. The zero-order chi connectivity index (χ0) is 11.9. The van der Waals surface area contributed by atoms with Gasteiger partial charge in [0.05, 0.1) is 10.5 Å². The van der Waals surface area contributed by atoms with Gasteiger partial charge in [0.2, 0.25) is 0 Å². The number of nitrogens with two attached hydrogens (primary N) is 1. The van der Waals surface area contributed by atoms with Crippen LogP contribution in [0.4, 0.5) is 5.69 Å². The van der Waals surface area contributed by atoms with Crippen LogP contribution in [0.15, 0.2) is 18.3 Å². The van der Waals surface area contributed by atoms with Crippen LogP contribution in [0.5, 0.6) is 0 Å². The van der Waals surface area contributed by atoms with Crippen LogP contribution in [0.2, 0.25) is 0 Å². The Hall–Kier alpha value is -1.95. The fourth-order valence-electron chi connectivity index (χ4n) is 1.45. The predicted octanol–water partition coefficient (Wildman–Crippen LogP) is 1.66. The highest BCUT2D eigenvalue weighted by molar-refractivity contribution is 5.79. The number of nitro groups is 1. The molecule has 6 heteroatoms. The van der Waals surface area contributed by atoms with E-state index in [-0.39, 0.29) is 5.69 Å². The zero-order valence-electron chi connectivity index (χ0n) is 9.02. The van der Waals surface area contributed by atoms with E-state index in [1.165, 1.54) is 12.3 Å². The Balaban J connectivity index is 2.59. The molecular weight excluding hydrogens is 208 g/mol. The summed E-state index contributed by atoms with van der Waals surface area (Å²) in [6, 6.07) is 3.27. The van der Waals surface area contributed by atoms with Crippen molar-refractivity contribution in [3.05, 3.63) is 34.1 Å². The second kappa shape index (κ2) is 3.28. The van der Waals surface area contributed by atoms with Crippen molar-refractivity contribution in [1.29, 1.82) is 0 Å². The van der Waals surface area contributed by atoms with Crippen molar-refractivity contribution < 1.29 is 4.92 Å². The Morgan fingerprint density at radius 1 is 1.50 bits per heavy atom. The number of aromatic nitrogens is 2. The van der Waals surface area contributed by atoms with Gasteiger partial charge in [0.25, 0.3) is 5.69 Å². The van der Waals surface area contributed by atoms with Gasteiger partial charge in [-0.05, 0) is 19.9 Å². The predicted molar refractivity (Wildman–Crippen MR) is 60.0 cm³/mol. The van der Waals surface area contributed by atoms with E-state index in [4.69, 9.17) is 5.73 Å². The normalized spacial score (nSPS) is 11.9. The lowest BCUT2D eigenvalue weighted by Crippen LogP contribution is -2.28. The molecule has 3 N–H and O–H groups in total. The maximum absolute atomic E-state index is 10.6. The van der Waals surface area contributed by atoms with Gasteiger partial charge in [-0.2, -0.15) is 0 Å². The molecule has 6 nitrogen and oxygen atoms in total. The molecule has 0 amide bonds. The number of H-pyrrole nitrogens is 1. The third-order valence-corrected chi connectivity index (χ3v) is 2.36. The molecule has 0 bridgehead atoms. The highest BCUT2D eigenvalue weighted by atomic mass is 16.6. The lowest BCUT2D eigenvalue weighted by Gasteiger charge is -2.15. The molecule has 0 atom stereocenters. The van der Waals surface area contributed by atoms with Crippen LogP contribution in [-0.4, -0.2) is 14.9 Å². The summed E-state index contributed by atoms with van der Waals surface area (Å²) in [6.45, 7) is 3.71. The molecule has 0 spiro atoms. The van der Waals surface area contributed by atoms with Crippen molar-refractivity contribution in [2.24, 2.45) is 5.73 Å². The highest BCUT2D eigenvalue weighted by Gasteiger charge is 2.18. The van der Waals surface area contributed by atoms with Gasteiger partial charge in [-0.1, -0.05) is 0 Å². The van der Waals surface area contributed by atoms with Gasteiger partial charge in [0, 0.05) is 17.1 Å². The van der Waals surface area contributed by atoms with E-state index >= 15 is 0 Å². The first-order valence-corrected chi connectivity index (χ1v) is 4.80. The lowest BCUT2D eigenvalue weighted by atomic mass is 10.0. The van der Waals surface area contributed by atoms with Crippen LogP contribution in [0, 0.1) is 10.1 Å². The molecule has 2 aromatic rings. The maximum atomic E-state index is 10.6. The van der Waals surface area contributed by atoms with Crippen LogP contribution in [0.25, 0.3) is 11.0 Å². The van der Waals surface area contributed by atoms with Gasteiger partial charge in [0.15, 0.2) is 0 Å². The van der Waals surface area contributed by atoms with E-state index in [2.05, 4.69) is 9.97 Å². The molecule has 0 unspecified atom stereocenters. The van der Waals surface area contributed by atoms with Crippen LogP contribution in [-0.2, 0) is 5.54 Å². The second-order valence-electron chi connectivity index (χ2n) is 4.29. The SMILES string of the molecule is CC(C)(N)c1cc2cc([N+](=O)[O-])cnc2[nH]1. The molecule has 0 fully saturated rings. The number of rotatable bonds is 2. The average molecular weight is 220 g/mol. The van der Waals surface area contributed by atoms with Gasteiger partial charge < -0.3 is 10.7 Å². The molecule has 0 aliphatic heterocycles. The van der Waals surface area contributed by atoms with E-state index < -0.39 is 10.5 Å². The molecule has 84 valence electrons. The number of nitrogens with one attached hydrogen (secondary N) is 1. The Morgan fingerprint density at radius 2 is 2.19 bits per heavy atom. The molecule has 0 aromatic carbocycles. The van der Waals surface area contributed by atoms with Gasteiger partial charge in [-0.15, -0.1) is 0 Å². The molecule has 0 aliphatic carbocycles. The van der Waals surface area contributed by atoms with Crippen molar-refractivity contribution >= 4 is 16.7 Å². The molecule has 16 heavy (non-hydrogen) atoms. The van der Waals surface area contributed by atoms with Crippen LogP contribution in [0.3, 0.4) is 0 Å². The van der Waals surface area contributed by atoms with Crippen molar-refractivity contribution in [1.82, 2.24) is 9.97 Å². The number of nitrogens with zero attached hydrogens (tertiary/aromatic N) is 2. The first kappa shape index (κ1) is 10.6. The number of fused-ring (bicyclic) bond motifs is 1. The van der Waals surface area contributed by atoms with Crippen molar-refractivity contribution in [2.45, 2.75) is 19.4 Å². The van der Waals surface area contributed by atoms with E-state index in [1.54, 1.807) is 6.07 Å². The minimum atomic E-state index is -0.518. The van der Waals surface area contributed by atoms with Crippen molar-refractivity contribution in [3.8, 4) is 0 Å². The Morgan fingerprint density at radius 3 is 2.75 bits per heavy atom. The summed E-state index contributed by atoms with van der Waals surface area (Å²) in [6.07, 6.45) is 1.23. The van der Waals surface area contributed by atoms with Gasteiger partial charge in [0.1, 0.15) is 11.8 Å². The quantitative estimate of drug-likeness (QED) is 0.594. The smallest absolute Gasteiger partial charge is 0.288 e. The molecule has 0 radical (unpaired) electrons. The first-order valence-electron chi connectivity index (χ1n) is 4.80. The van der Waals surface area contributed by atoms with Crippen molar-refractivity contribution in [2.75, 3.05) is 0 Å². The second-order valence-corrected chi connectivity index (χ2v) is 4.29. The summed E-state index contributed by atoms with van der Waals surface area (Å²) in [5.41, 5.74) is 6.80. The molecule has 2 heterocycles. The fourth-order valence-corrected chi connectivity index (χ4v) is 1.45. The summed E-state index contributed by atoms with van der Waals surface area (Å²) >= 11 is 0. The topological polar surface area (TPSA) is 97.8 Å². The average Bonchev–Trinajstić information content (AvgIpc) is 2.58. The van der Waals surface area contributed by atoms with E-state index in [1.807, 2.05) is 13.8 Å². The number of aromatic amines is 1. The third kappa shape index (κ3) is 1.74. The summed E-state index contributed by atoms with van der Waals surface area (Å²) in [4.78, 5) is 17.1. The largest absolute Gasteiger partial charge is 0.342 e. The Kier molecular flexibility index (Phi) is 2.16. The fraction of sp³-hybridized carbons (Fsp3) is 0.300. The minimum Gasteiger partial charge on any atom is -0.342 e. The molecular formula is C10H12N4O2. The van der Waals surface area contributed by atoms with Crippen LogP contribution >= 0.6 is 0 Å². The molecule has 0 saturated heterocycles. The van der Waals surface area contributed by atoms with E-state index in [0.717, 1.165) is 5.69 Å². The standard InChI is InChI=1S/C10H12N4O2/c1-10(2,11)8-4-6-3-7(14(15)16)5-12-9(6)13-8/h3-5H,11H2,1-2H3,(H,12,13). The maximum Gasteiger partial charge on any atom is 0.288 e. The Labute approximate surface area is 91.6 Å². The summed E-state index contributed by atoms with van der Waals surface area (Å²) in [5, 5.41) is 11.3. The molecule has 2 rings (SSSR count). The van der Waals surface area contributed by atoms with Crippen molar-refractivity contribution in [3.63, 3.8) is 0 Å². The van der Waals surface area contributed by atoms with Crippen LogP contribution in [0.1, 0.15) is 19.5 Å². The lowest BCUT2D eigenvalue weighted by molar-refractivity contribution is -0.385. The molecule has 0 saturated carbocycles. The van der Waals surface area contributed by atoms with Gasteiger partial charge in [-0.25, -0.2) is 4.98 Å². The third-order valence-electron chi connectivity index (χ3n) is 2.36. The number of pyridine rings is 1. The van der Waals surface area contributed by atoms with Crippen LogP contribution < -0.4 is 5.73 Å². The van der Waals surface area contributed by atoms with E-state index in [9.17, 15) is 10.1 Å². The molecule has 2 aromatic heterocycles. The highest BCUT2D eigenvalue weighted by Crippen LogP contribution is 2.23. The minimum absolute atomic E-state index is 0.0205. The number of hydrogen-bond donors (Lipinski definition) is 2. The van der Waals surface area contributed by atoms with Gasteiger partial charge >= 0.3 is 0 Å². The van der Waals surface area contributed by atoms with Gasteiger partial charge in [-0.3, -0.25) is 10.1 Å².